The van der Waals surface area contributed by atoms with Crippen molar-refractivity contribution >= 4 is 5.91 Å². The number of piperazine rings is 1. The van der Waals surface area contributed by atoms with Gasteiger partial charge in [-0.2, -0.15) is 0 Å². The smallest absolute Gasteiger partial charge is 0.225 e. The van der Waals surface area contributed by atoms with E-state index in [1.807, 2.05) is 6.20 Å². The third kappa shape index (κ3) is 3.51. The number of amides is 1. The molecular weight excluding hydrogens is 276 g/mol. The first-order valence-corrected chi connectivity index (χ1v) is 8.79. The summed E-state index contributed by atoms with van der Waals surface area (Å²) in [6.07, 6.45) is 9.63. The van der Waals surface area contributed by atoms with Crippen molar-refractivity contribution in [3.8, 4) is 0 Å². The van der Waals surface area contributed by atoms with E-state index in [0.29, 0.717) is 11.8 Å². The lowest BCUT2D eigenvalue weighted by atomic mass is 10.1. The topological polar surface area (TPSA) is 41.4 Å². The number of aromatic nitrogens is 2. The molecule has 1 amide bonds. The molecule has 2 heterocycles. The number of imidazole rings is 1. The Kier molecular flexibility index (Phi) is 5.13. The molecule has 0 N–H and O–H groups in total. The summed E-state index contributed by atoms with van der Waals surface area (Å²) in [4.78, 5) is 21.4. The molecule has 0 bridgehead atoms. The van der Waals surface area contributed by atoms with E-state index in [-0.39, 0.29) is 0 Å². The summed E-state index contributed by atoms with van der Waals surface area (Å²) in [5.41, 5.74) is 0. The molecule has 1 aliphatic carbocycles. The van der Waals surface area contributed by atoms with Gasteiger partial charge < -0.3 is 9.47 Å². The van der Waals surface area contributed by atoms with Crippen LogP contribution in [0.25, 0.3) is 0 Å². The van der Waals surface area contributed by atoms with Crippen molar-refractivity contribution in [3.05, 3.63) is 18.2 Å². The Bertz CT molecular complexity index is 485. The Balaban J connectivity index is 1.42. The highest BCUT2D eigenvalue weighted by molar-refractivity contribution is 5.79. The summed E-state index contributed by atoms with van der Waals surface area (Å²) in [7, 11) is 0. The van der Waals surface area contributed by atoms with Crippen LogP contribution in [-0.2, 0) is 17.8 Å². The third-order valence-electron chi connectivity index (χ3n) is 5.16. The van der Waals surface area contributed by atoms with Gasteiger partial charge in [-0.25, -0.2) is 4.98 Å². The van der Waals surface area contributed by atoms with Gasteiger partial charge in [0.05, 0.1) is 0 Å². The second-order valence-electron chi connectivity index (χ2n) is 6.54. The van der Waals surface area contributed by atoms with Crippen molar-refractivity contribution in [2.75, 3.05) is 32.7 Å². The second-order valence-corrected chi connectivity index (χ2v) is 6.54. The monoisotopic (exact) mass is 304 g/mol. The molecule has 1 saturated carbocycles. The molecule has 122 valence electrons. The van der Waals surface area contributed by atoms with Crippen LogP contribution >= 0.6 is 0 Å². The lowest BCUT2D eigenvalue weighted by molar-refractivity contribution is -0.137. The summed E-state index contributed by atoms with van der Waals surface area (Å²) >= 11 is 0. The summed E-state index contributed by atoms with van der Waals surface area (Å²) in [6.45, 7) is 8.02. The van der Waals surface area contributed by atoms with E-state index in [0.717, 1.165) is 64.4 Å². The minimum Gasteiger partial charge on any atom is -0.340 e. The van der Waals surface area contributed by atoms with Crippen LogP contribution in [0, 0.1) is 5.92 Å². The number of rotatable bonds is 5. The van der Waals surface area contributed by atoms with E-state index in [1.54, 1.807) is 0 Å². The molecule has 3 rings (SSSR count). The van der Waals surface area contributed by atoms with E-state index < -0.39 is 0 Å². The van der Waals surface area contributed by atoms with Crippen molar-refractivity contribution in [1.82, 2.24) is 19.4 Å². The highest BCUT2D eigenvalue weighted by Gasteiger charge is 2.29. The average molecular weight is 304 g/mol. The Hall–Kier alpha value is -1.36. The Morgan fingerprint density at radius 3 is 2.59 bits per heavy atom. The van der Waals surface area contributed by atoms with E-state index in [9.17, 15) is 4.79 Å². The fourth-order valence-corrected chi connectivity index (χ4v) is 3.73. The van der Waals surface area contributed by atoms with E-state index in [1.165, 1.54) is 12.8 Å². The number of hydrogen-bond acceptors (Lipinski definition) is 3. The van der Waals surface area contributed by atoms with Gasteiger partial charge in [0.1, 0.15) is 5.82 Å². The molecule has 0 radical (unpaired) electrons. The zero-order valence-corrected chi connectivity index (χ0v) is 13.7. The van der Waals surface area contributed by atoms with Crippen molar-refractivity contribution in [1.29, 1.82) is 0 Å². The van der Waals surface area contributed by atoms with Crippen LogP contribution in [0.15, 0.2) is 12.4 Å². The summed E-state index contributed by atoms with van der Waals surface area (Å²) < 4.78 is 2.25. The van der Waals surface area contributed by atoms with Crippen molar-refractivity contribution < 1.29 is 4.79 Å². The molecule has 1 aromatic rings. The maximum Gasteiger partial charge on any atom is 0.225 e. The Morgan fingerprint density at radius 1 is 1.18 bits per heavy atom. The predicted molar refractivity (Wildman–Crippen MR) is 86.6 cm³/mol. The molecule has 0 atom stereocenters. The average Bonchev–Trinajstić information content (AvgIpc) is 3.24. The lowest BCUT2D eigenvalue weighted by Gasteiger charge is -2.36. The van der Waals surface area contributed by atoms with Gasteiger partial charge in [-0.15, -0.1) is 0 Å². The molecule has 0 spiro atoms. The molecule has 2 fully saturated rings. The van der Waals surface area contributed by atoms with Crippen LogP contribution in [0.2, 0.25) is 0 Å². The van der Waals surface area contributed by atoms with Crippen molar-refractivity contribution in [2.45, 2.75) is 45.6 Å². The number of nitrogens with zero attached hydrogens (tertiary/aromatic N) is 4. The first-order valence-electron chi connectivity index (χ1n) is 8.79. The summed E-state index contributed by atoms with van der Waals surface area (Å²) in [5, 5.41) is 0. The SMILES string of the molecule is CCc1nccn1CCN1CCN(C(=O)C2CCCC2)CC1. The molecule has 2 aliphatic rings. The molecule has 1 saturated heterocycles. The molecule has 0 aromatic carbocycles. The molecule has 22 heavy (non-hydrogen) atoms. The predicted octanol–water partition coefficient (Wildman–Crippen LogP) is 1.78. The van der Waals surface area contributed by atoms with Crippen LogP contribution < -0.4 is 0 Å². The van der Waals surface area contributed by atoms with Gasteiger partial charge in [-0.1, -0.05) is 19.8 Å². The molecule has 0 unspecified atom stereocenters. The first kappa shape index (κ1) is 15.5. The van der Waals surface area contributed by atoms with Gasteiger partial charge in [0.25, 0.3) is 0 Å². The van der Waals surface area contributed by atoms with Crippen LogP contribution in [0.5, 0.6) is 0 Å². The number of hydrogen-bond donors (Lipinski definition) is 0. The van der Waals surface area contributed by atoms with Gasteiger partial charge >= 0.3 is 0 Å². The second kappa shape index (κ2) is 7.27. The quantitative estimate of drug-likeness (QED) is 0.832. The summed E-state index contributed by atoms with van der Waals surface area (Å²) in [6, 6.07) is 0. The van der Waals surface area contributed by atoms with Crippen LogP contribution in [0.1, 0.15) is 38.4 Å². The summed E-state index contributed by atoms with van der Waals surface area (Å²) in [5.74, 6) is 1.90. The van der Waals surface area contributed by atoms with E-state index >= 15 is 0 Å². The fourth-order valence-electron chi connectivity index (χ4n) is 3.73. The minimum absolute atomic E-state index is 0.324. The standard InChI is InChI=1S/C17H28N4O/c1-2-16-18-7-8-20(16)12-9-19-10-13-21(14-11-19)17(22)15-5-3-4-6-15/h7-8,15H,2-6,9-14H2,1H3. The van der Waals surface area contributed by atoms with Gasteiger partial charge in [0.2, 0.25) is 5.91 Å². The number of aryl methyl sites for hydroxylation is 1. The Labute approximate surface area is 133 Å². The maximum absolute atomic E-state index is 12.4. The van der Waals surface area contributed by atoms with Crippen LogP contribution in [0.3, 0.4) is 0 Å². The fraction of sp³-hybridized carbons (Fsp3) is 0.765. The van der Waals surface area contributed by atoms with E-state index in [2.05, 4.69) is 32.5 Å². The van der Waals surface area contributed by atoms with Crippen molar-refractivity contribution in [3.63, 3.8) is 0 Å². The molecule has 1 aromatic heterocycles. The number of carbonyl (C=O) groups excluding carboxylic acids is 1. The van der Waals surface area contributed by atoms with Gasteiger partial charge in [-0.3, -0.25) is 9.69 Å². The molecule has 5 heteroatoms. The zero-order valence-electron chi connectivity index (χ0n) is 13.7. The minimum atomic E-state index is 0.324. The van der Waals surface area contributed by atoms with Crippen molar-refractivity contribution in [2.24, 2.45) is 5.92 Å². The molecule has 5 nitrogen and oxygen atoms in total. The molecule has 1 aliphatic heterocycles. The van der Waals surface area contributed by atoms with Gasteiger partial charge in [0, 0.05) is 64.0 Å². The number of carbonyl (C=O) groups is 1. The van der Waals surface area contributed by atoms with E-state index in [4.69, 9.17) is 0 Å². The van der Waals surface area contributed by atoms with Gasteiger partial charge in [-0.05, 0) is 12.8 Å². The highest BCUT2D eigenvalue weighted by Crippen LogP contribution is 2.26. The first-order chi connectivity index (χ1) is 10.8. The van der Waals surface area contributed by atoms with Gasteiger partial charge in [0.15, 0.2) is 0 Å². The normalized spacial score (nSPS) is 20.7. The largest absolute Gasteiger partial charge is 0.340 e. The highest BCUT2D eigenvalue weighted by atomic mass is 16.2. The van der Waals surface area contributed by atoms with Crippen LogP contribution in [0.4, 0.5) is 0 Å². The lowest BCUT2D eigenvalue weighted by Crippen LogP contribution is -2.50. The zero-order chi connectivity index (χ0) is 15.4. The maximum atomic E-state index is 12.4. The third-order valence-corrected chi connectivity index (χ3v) is 5.16. The molecular formula is C17H28N4O. The Morgan fingerprint density at radius 2 is 1.91 bits per heavy atom. The van der Waals surface area contributed by atoms with Crippen LogP contribution in [-0.4, -0.2) is 58.0 Å².